The van der Waals surface area contributed by atoms with Gasteiger partial charge in [0, 0.05) is 20.1 Å². The molecule has 0 radical (unpaired) electrons. The number of carbonyl (C=O) groups is 1. The SMILES string of the molecule is CC(=O)O.CCCCOCC. The Morgan fingerprint density at radius 3 is 2.18 bits per heavy atom. The minimum atomic E-state index is -0.833. The van der Waals surface area contributed by atoms with Gasteiger partial charge < -0.3 is 9.84 Å². The fraction of sp³-hybridized carbons (Fsp3) is 0.875. The van der Waals surface area contributed by atoms with Gasteiger partial charge in [-0.3, -0.25) is 4.79 Å². The van der Waals surface area contributed by atoms with Crippen LogP contribution in [0.4, 0.5) is 0 Å². The maximum absolute atomic E-state index is 9.00. The van der Waals surface area contributed by atoms with Gasteiger partial charge >= 0.3 is 0 Å². The lowest BCUT2D eigenvalue weighted by atomic mass is 10.4. The van der Waals surface area contributed by atoms with Gasteiger partial charge in [0.05, 0.1) is 0 Å². The number of carboxylic acid groups (broad SMARTS) is 1. The molecule has 3 heteroatoms. The topological polar surface area (TPSA) is 46.5 Å². The van der Waals surface area contributed by atoms with Gasteiger partial charge in [0.15, 0.2) is 0 Å². The molecule has 0 atom stereocenters. The van der Waals surface area contributed by atoms with Crippen LogP contribution >= 0.6 is 0 Å². The van der Waals surface area contributed by atoms with E-state index in [-0.39, 0.29) is 0 Å². The van der Waals surface area contributed by atoms with Crippen LogP contribution in [0, 0.1) is 0 Å². The Bertz CT molecular complexity index is 73.4. The van der Waals surface area contributed by atoms with Gasteiger partial charge in [0.25, 0.3) is 5.97 Å². The zero-order valence-electron chi connectivity index (χ0n) is 7.59. The van der Waals surface area contributed by atoms with Gasteiger partial charge in [0.2, 0.25) is 0 Å². The van der Waals surface area contributed by atoms with Crippen LogP contribution in [-0.2, 0) is 9.53 Å². The molecular formula is C8H18O3. The van der Waals surface area contributed by atoms with E-state index in [9.17, 15) is 0 Å². The quantitative estimate of drug-likeness (QED) is 0.642. The number of hydrogen-bond acceptors (Lipinski definition) is 2. The number of hydrogen-bond donors (Lipinski definition) is 1. The minimum Gasteiger partial charge on any atom is -0.481 e. The molecule has 0 aliphatic carbocycles. The molecule has 0 fully saturated rings. The summed E-state index contributed by atoms with van der Waals surface area (Å²) in [4.78, 5) is 9.00. The highest BCUT2D eigenvalue weighted by molar-refractivity contribution is 5.62. The first-order chi connectivity index (χ1) is 5.15. The van der Waals surface area contributed by atoms with Crippen molar-refractivity contribution in [2.75, 3.05) is 13.2 Å². The monoisotopic (exact) mass is 162 g/mol. The summed E-state index contributed by atoms with van der Waals surface area (Å²) in [6, 6.07) is 0. The summed E-state index contributed by atoms with van der Waals surface area (Å²) < 4.78 is 5.07. The third-order valence-electron chi connectivity index (χ3n) is 0.846. The normalized spacial score (nSPS) is 8.27. The number of unbranched alkanes of at least 4 members (excludes halogenated alkanes) is 1. The molecular weight excluding hydrogens is 144 g/mol. The molecule has 0 aromatic heterocycles. The molecule has 0 heterocycles. The summed E-state index contributed by atoms with van der Waals surface area (Å²) in [5.74, 6) is -0.833. The second-order valence-electron chi connectivity index (χ2n) is 2.07. The molecule has 0 aliphatic heterocycles. The summed E-state index contributed by atoms with van der Waals surface area (Å²) in [5, 5.41) is 7.42. The molecule has 0 aromatic carbocycles. The highest BCUT2D eigenvalue weighted by Crippen LogP contribution is 1.85. The molecule has 3 nitrogen and oxygen atoms in total. The summed E-state index contributed by atoms with van der Waals surface area (Å²) in [7, 11) is 0. The maximum atomic E-state index is 9.00. The Hall–Kier alpha value is -0.570. The number of aliphatic carboxylic acids is 1. The lowest BCUT2D eigenvalue weighted by Gasteiger charge is -1.94. The molecule has 0 saturated heterocycles. The molecule has 0 spiro atoms. The second-order valence-corrected chi connectivity index (χ2v) is 2.07. The molecule has 0 unspecified atom stereocenters. The number of carboxylic acids is 1. The molecule has 0 aliphatic rings. The van der Waals surface area contributed by atoms with E-state index in [1.54, 1.807) is 0 Å². The summed E-state index contributed by atoms with van der Waals surface area (Å²) in [6.07, 6.45) is 2.44. The van der Waals surface area contributed by atoms with Crippen molar-refractivity contribution in [1.29, 1.82) is 0 Å². The predicted octanol–water partition coefficient (Wildman–Crippen LogP) is 1.91. The van der Waals surface area contributed by atoms with Crippen molar-refractivity contribution in [3.8, 4) is 0 Å². The maximum Gasteiger partial charge on any atom is 0.300 e. The Kier molecular flexibility index (Phi) is 14.4. The van der Waals surface area contributed by atoms with E-state index in [0.29, 0.717) is 0 Å². The van der Waals surface area contributed by atoms with Gasteiger partial charge in [-0.25, -0.2) is 0 Å². The molecule has 11 heavy (non-hydrogen) atoms. The number of ether oxygens (including phenoxy) is 1. The third kappa shape index (κ3) is 44.2. The Morgan fingerprint density at radius 2 is 1.91 bits per heavy atom. The van der Waals surface area contributed by atoms with Crippen molar-refractivity contribution >= 4 is 5.97 Å². The van der Waals surface area contributed by atoms with Crippen molar-refractivity contribution in [3.63, 3.8) is 0 Å². The largest absolute Gasteiger partial charge is 0.481 e. The average Bonchev–Trinajstić information content (AvgIpc) is 1.88. The molecule has 0 saturated carbocycles. The zero-order valence-corrected chi connectivity index (χ0v) is 7.59. The van der Waals surface area contributed by atoms with Crippen LogP contribution in [-0.4, -0.2) is 24.3 Å². The first kappa shape index (κ1) is 13.1. The lowest BCUT2D eigenvalue weighted by molar-refractivity contribution is -0.134. The summed E-state index contributed by atoms with van der Waals surface area (Å²) >= 11 is 0. The second kappa shape index (κ2) is 12.1. The van der Waals surface area contributed by atoms with Crippen molar-refractivity contribution in [2.45, 2.75) is 33.6 Å². The van der Waals surface area contributed by atoms with E-state index in [2.05, 4.69) is 6.92 Å². The van der Waals surface area contributed by atoms with Crippen molar-refractivity contribution in [1.82, 2.24) is 0 Å². The van der Waals surface area contributed by atoms with Crippen molar-refractivity contribution in [2.24, 2.45) is 0 Å². The molecule has 0 aromatic rings. The zero-order chi connectivity index (χ0) is 9.11. The van der Waals surface area contributed by atoms with E-state index in [0.717, 1.165) is 20.1 Å². The van der Waals surface area contributed by atoms with Crippen molar-refractivity contribution < 1.29 is 14.6 Å². The van der Waals surface area contributed by atoms with Crippen LogP contribution in [0.1, 0.15) is 33.6 Å². The fourth-order valence-electron chi connectivity index (χ4n) is 0.391. The Labute approximate surface area is 68.4 Å². The van der Waals surface area contributed by atoms with Crippen LogP contribution in [0.2, 0.25) is 0 Å². The van der Waals surface area contributed by atoms with Crippen LogP contribution in [0.3, 0.4) is 0 Å². The van der Waals surface area contributed by atoms with Crippen molar-refractivity contribution in [3.05, 3.63) is 0 Å². The van der Waals surface area contributed by atoms with Crippen LogP contribution in [0.15, 0.2) is 0 Å². The van der Waals surface area contributed by atoms with E-state index < -0.39 is 5.97 Å². The average molecular weight is 162 g/mol. The third-order valence-corrected chi connectivity index (χ3v) is 0.846. The summed E-state index contributed by atoms with van der Waals surface area (Å²) in [5.41, 5.74) is 0. The summed E-state index contributed by atoms with van der Waals surface area (Å²) in [6.45, 7) is 7.07. The molecule has 0 amide bonds. The molecule has 1 N–H and O–H groups in total. The predicted molar refractivity (Wildman–Crippen MR) is 44.7 cm³/mol. The molecule has 68 valence electrons. The van der Waals surface area contributed by atoms with E-state index in [4.69, 9.17) is 14.6 Å². The van der Waals surface area contributed by atoms with E-state index >= 15 is 0 Å². The molecule has 0 rings (SSSR count). The van der Waals surface area contributed by atoms with Crippen LogP contribution < -0.4 is 0 Å². The van der Waals surface area contributed by atoms with Crippen LogP contribution in [0.5, 0.6) is 0 Å². The highest BCUT2D eigenvalue weighted by Gasteiger charge is 1.78. The number of rotatable bonds is 4. The van der Waals surface area contributed by atoms with E-state index in [1.165, 1.54) is 12.8 Å². The van der Waals surface area contributed by atoms with E-state index in [1.807, 2.05) is 6.92 Å². The van der Waals surface area contributed by atoms with Crippen LogP contribution in [0.25, 0.3) is 0 Å². The standard InChI is InChI=1S/C6H14O.C2H4O2/c1-3-5-6-7-4-2;1-2(3)4/h3-6H2,1-2H3;1H3,(H,3,4). The fourth-order valence-corrected chi connectivity index (χ4v) is 0.391. The smallest absolute Gasteiger partial charge is 0.300 e. The van der Waals surface area contributed by atoms with Gasteiger partial charge in [-0.1, -0.05) is 13.3 Å². The van der Waals surface area contributed by atoms with Gasteiger partial charge in [0.1, 0.15) is 0 Å². The molecule has 0 bridgehead atoms. The lowest BCUT2D eigenvalue weighted by Crippen LogP contribution is -1.90. The van der Waals surface area contributed by atoms with Gasteiger partial charge in [-0.2, -0.15) is 0 Å². The first-order valence-corrected chi connectivity index (χ1v) is 3.92. The van der Waals surface area contributed by atoms with Gasteiger partial charge in [-0.15, -0.1) is 0 Å². The van der Waals surface area contributed by atoms with Gasteiger partial charge in [-0.05, 0) is 13.3 Å². The minimum absolute atomic E-state index is 0.833. The highest BCUT2D eigenvalue weighted by atomic mass is 16.5. The Balaban J connectivity index is 0. The Morgan fingerprint density at radius 1 is 1.45 bits per heavy atom. The first-order valence-electron chi connectivity index (χ1n) is 3.92.